The van der Waals surface area contributed by atoms with Crippen LogP contribution in [0.3, 0.4) is 0 Å². The van der Waals surface area contributed by atoms with Crippen molar-refractivity contribution in [3.8, 4) is 0 Å². The van der Waals surface area contributed by atoms with E-state index in [2.05, 4.69) is 10.1 Å². The van der Waals surface area contributed by atoms with Gasteiger partial charge >= 0.3 is 6.18 Å². The monoisotopic (exact) mass is 283 g/mol. The zero-order valence-electron chi connectivity index (χ0n) is 10.7. The number of hydrogen-bond acceptors (Lipinski definition) is 4. The van der Waals surface area contributed by atoms with E-state index in [-0.39, 0.29) is 31.6 Å². The van der Waals surface area contributed by atoms with Gasteiger partial charge in [-0.15, -0.1) is 0 Å². The van der Waals surface area contributed by atoms with E-state index in [9.17, 15) is 18.0 Å². The maximum atomic E-state index is 11.8. The lowest BCUT2D eigenvalue weighted by atomic mass is 10.1. The first kappa shape index (κ1) is 16.2. The van der Waals surface area contributed by atoms with Crippen molar-refractivity contribution in [1.29, 1.82) is 0 Å². The predicted molar refractivity (Wildman–Crippen MR) is 63.5 cm³/mol. The van der Waals surface area contributed by atoms with Gasteiger partial charge in [0, 0.05) is 25.7 Å². The molecule has 0 aromatic rings. The fraction of sp³-hybridized carbons (Fsp3) is 0.909. The first-order valence-electron chi connectivity index (χ1n) is 6.26. The summed E-state index contributed by atoms with van der Waals surface area (Å²) in [6.45, 7) is 0.468. The van der Waals surface area contributed by atoms with Gasteiger partial charge in [0.2, 0.25) is 5.91 Å². The van der Waals surface area contributed by atoms with Crippen LogP contribution in [0, 0.1) is 0 Å². The molecule has 1 heterocycles. The van der Waals surface area contributed by atoms with Gasteiger partial charge in [-0.05, 0) is 12.8 Å². The molecule has 0 bridgehead atoms. The van der Waals surface area contributed by atoms with Crippen LogP contribution >= 0.6 is 0 Å². The van der Waals surface area contributed by atoms with Crippen molar-refractivity contribution >= 4 is 5.91 Å². The molecule has 0 aliphatic carbocycles. The molecule has 19 heavy (non-hydrogen) atoms. The van der Waals surface area contributed by atoms with Gasteiger partial charge in [-0.1, -0.05) is 0 Å². The number of nitrogens with two attached hydrogens (primary N) is 1. The summed E-state index contributed by atoms with van der Waals surface area (Å²) in [5.41, 5.74) is 5.74. The van der Waals surface area contributed by atoms with Crippen LogP contribution in [0.4, 0.5) is 13.2 Å². The quantitative estimate of drug-likeness (QED) is 0.679. The molecule has 0 unspecified atom stereocenters. The standard InChI is InChI=1S/C11H20F3N3O2/c12-11(13,14)8-19-6-3-16-10(18)7-17-4-1-9(15)2-5-17/h9H,1-8,15H2,(H,16,18). The van der Waals surface area contributed by atoms with Gasteiger partial charge in [-0.3, -0.25) is 9.69 Å². The number of likely N-dealkylation sites (tertiary alicyclic amines) is 1. The molecule has 1 aliphatic rings. The molecule has 1 saturated heterocycles. The Kier molecular flexibility index (Phi) is 6.53. The second kappa shape index (κ2) is 7.66. The van der Waals surface area contributed by atoms with E-state index < -0.39 is 12.8 Å². The smallest absolute Gasteiger partial charge is 0.370 e. The number of ether oxygens (including phenoxy) is 1. The van der Waals surface area contributed by atoms with Crippen molar-refractivity contribution in [3.63, 3.8) is 0 Å². The van der Waals surface area contributed by atoms with Crippen molar-refractivity contribution in [2.75, 3.05) is 39.4 Å². The molecule has 1 amide bonds. The molecule has 1 aliphatic heterocycles. The third-order valence-electron chi connectivity index (χ3n) is 2.83. The molecule has 0 atom stereocenters. The SMILES string of the molecule is NC1CCN(CC(=O)NCCOCC(F)(F)F)CC1. The number of piperidine rings is 1. The zero-order valence-corrected chi connectivity index (χ0v) is 10.7. The number of halogens is 3. The first-order chi connectivity index (χ1) is 8.87. The highest BCUT2D eigenvalue weighted by Gasteiger charge is 2.27. The fourth-order valence-corrected chi connectivity index (χ4v) is 1.82. The summed E-state index contributed by atoms with van der Waals surface area (Å²) in [7, 11) is 0. The molecule has 0 radical (unpaired) electrons. The zero-order chi connectivity index (χ0) is 14.3. The average molecular weight is 283 g/mol. The lowest BCUT2D eigenvalue weighted by Crippen LogP contribution is -2.45. The number of carbonyl (C=O) groups is 1. The number of alkyl halides is 3. The summed E-state index contributed by atoms with van der Waals surface area (Å²) in [6.07, 6.45) is -2.60. The summed E-state index contributed by atoms with van der Waals surface area (Å²) in [4.78, 5) is 13.5. The molecule has 0 spiro atoms. The third kappa shape index (κ3) is 8.02. The highest BCUT2D eigenvalue weighted by molar-refractivity contribution is 5.77. The summed E-state index contributed by atoms with van der Waals surface area (Å²) in [5.74, 6) is -0.203. The molecule has 0 aromatic heterocycles. The topological polar surface area (TPSA) is 67.6 Å². The molecular weight excluding hydrogens is 263 g/mol. The van der Waals surface area contributed by atoms with Crippen LogP contribution in [-0.4, -0.2) is 62.4 Å². The molecule has 3 N–H and O–H groups in total. The van der Waals surface area contributed by atoms with Crippen molar-refractivity contribution in [3.05, 3.63) is 0 Å². The van der Waals surface area contributed by atoms with E-state index in [0.717, 1.165) is 25.9 Å². The predicted octanol–water partition coefficient (Wildman–Crippen LogP) is 0.105. The Labute approximate surface area is 110 Å². The lowest BCUT2D eigenvalue weighted by molar-refractivity contribution is -0.173. The van der Waals surface area contributed by atoms with E-state index in [1.165, 1.54) is 0 Å². The summed E-state index contributed by atoms with van der Waals surface area (Å²) < 4.78 is 39.6. The normalized spacial score (nSPS) is 18.5. The minimum Gasteiger partial charge on any atom is -0.370 e. The molecule has 1 fully saturated rings. The lowest BCUT2D eigenvalue weighted by Gasteiger charge is -2.29. The van der Waals surface area contributed by atoms with Gasteiger partial charge in [-0.25, -0.2) is 0 Å². The van der Waals surface area contributed by atoms with E-state index in [1.807, 2.05) is 4.90 Å². The molecule has 5 nitrogen and oxygen atoms in total. The number of amides is 1. The van der Waals surface area contributed by atoms with Crippen LogP contribution in [0.25, 0.3) is 0 Å². The van der Waals surface area contributed by atoms with Crippen molar-refractivity contribution < 1.29 is 22.7 Å². The largest absolute Gasteiger partial charge is 0.411 e. The second-order valence-corrected chi connectivity index (χ2v) is 4.63. The van der Waals surface area contributed by atoms with Gasteiger partial charge in [0.05, 0.1) is 13.2 Å². The van der Waals surface area contributed by atoms with E-state index in [0.29, 0.717) is 0 Å². The summed E-state index contributed by atoms with van der Waals surface area (Å²) >= 11 is 0. The van der Waals surface area contributed by atoms with Crippen molar-refractivity contribution in [1.82, 2.24) is 10.2 Å². The number of rotatable bonds is 6. The van der Waals surface area contributed by atoms with Crippen LogP contribution in [-0.2, 0) is 9.53 Å². The number of carbonyl (C=O) groups excluding carboxylic acids is 1. The van der Waals surface area contributed by atoms with Gasteiger partial charge in [0.15, 0.2) is 0 Å². The van der Waals surface area contributed by atoms with Gasteiger partial charge in [0.1, 0.15) is 6.61 Å². The molecule has 8 heteroatoms. The van der Waals surface area contributed by atoms with E-state index >= 15 is 0 Å². The van der Waals surface area contributed by atoms with Crippen LogP contribution in [0.2, 0.25) is 0 Å². The molecular formula is C11H20F3N3O2. The Morgan fingerprint density at radius 2 is 2.00 bits per heavy atom. The van der Waals surface area contributed by atoms with Crippen molar-refractivity contribution in [2.45, 2.75) is 25.1 Å². The van der Waals surface area contributed by atoms with E-state index in [4.69, 9.17) is 5.73 Å². The maximum absolute atomic E-state index is 11.8. The highest BCUT2D eigenvalue weighted by Crippen LogP contribution is 2.13. The Morgan fingerprint density at radius 1 is 1.37 bits per heavy atom. The van der Waals surface area contributed by atoms with E-state index in [1.54, 1.807) is 0 Å². The second-order valence-electron chi connectivity index (χ2n) is 4.63. The van der Waals surface area contributed by atoms with Gasteiger partial charge < -0.3 is 15.8 Å². The van der Waals surface area contributed by atoms with Crippen LogP contribution in [0.1, 0.15) is 12.8 Å². The number of nitrogens with zero attached hydrogens (tertiary/aromatic N) is 1. The summed E-state index contributed by atoms with van der Waals surface area (Å²) in [5, 5.41) is 2.52. The fourth-order valence-electron chi connectivity index (χ4n) is 1.82. The van der Waals surface area contributed by atoms with Crippen molar-refractivity contribution in [2.24, 2.45) is 5.73 Å². The first-order valence-corrected chi connectivity index (χ1v) is 6.26. The number of nitrogens with one attached hydrogen (secondary N) is 1. The molecule has 1 rings (SSSR count). The van der Waals surface area contributed by atoms with Crippen LogP contribution < -0.4 is 11.1 Å². The van der Waals surface area contributed by atoms with Crippen LogP contribution in [0.5, 0.6) is 0 Å². The Morgan fingerprint density at radius 3 is 2.58 bits per heavy atom. The summed E-state index contributed by atoms with van der Waals surface area (Å²) in [6, 6.07) is 0.204. The van der Waals surface area contributed by atoms with Gasteiger partial charge in [-0.2, -0.15) is 13.2 Å². The molecule has 0 saturated carbocycles. The average Bonchev–Trinajstić information content (AvgIpc) is 2.30. The maximum Gasteiger partial charge on any atom is 0.411 e. The Hall–Kier alpha value is -0.860. The highest BCUT2D eigenvalue weighted by atomic mass is 19.4. The van der Waals surface area contributed by atoms with Crippen LogP contribution in [0.15, 0.2) is 0 Å². The Balaban J connectivity index is 2.02. The minimum absolute atomic E-state index is 0.0856. The minimum atomic E-state index is -4.32. The Bertz CT molecular complexity index is 279. The molecule has 0 aromatic carbocycles. The third-order valence-corrected chi connectivity index (χ3v) is 2.83. The molecule has 112 valence electrons. The number of hydrogen-bond donors (Lipinski definition) is 2. The van der Waals surface area contributed by atoms with Gasteiger partial charge in [0.25, 0.3) is 0 Å².